The summed E-state index contributed by atoms with van der Waals surface area (Å²) in [6.07, 6.45) is 0. The van der Waals surface area contributed by atoms with Crippen LogP contribution in [0.4, 0.5) is 0 Å². The molecule has 0 heterocycles. The molecule has 0 aliphatic heterocycles. The lowest BCUT2D eigenvalue weighted by Gasteiger charge is -2.09. The van der Waals surface area contributed by atoms with Crippen molar-refractivity contribution in [2.24, 2.45) is 5.73 Å². The lowest BCUT2D eigenvalue weighted by Crippen LogP contribution is -1.98. The molecule has 2 nitrogen and oxygen atoms in total. The van der Waals surface area contributed by atoms with Crippen molar-refractivity contribution in [3.05, 3.63) is 63.1 Å². The Labute approximate surface area is 120 Å². The summed E-state index contributed by atoms with van der Waals surface area (Å²) >= 11 is 9.44. The Morgan fingerprint density at radius 1 is 1.06 bits per heavy atom. The minimum absolute atomic E-state index is 0.487. The van der Waals surface area contributed by atoms with Gasteiger partial charge in [0.15, 0.2) is 0 Å². The van der Waals surface area contributed by atoms with Gasteiger partial charge >= 0.3 is 0 Å². The number of halogens is 2. The predicted molar refractivity (Wildman–Crippen MR) is 77.8 cm³/mol. The number of ether oxygens (including phenoxy) is 1. The summed E-state index contributed by atoms with van der Waals surface area (Å²) in [7, 11) is 0. The highest BCUT2D eigenvalue weighted by atomic mass is 79.9. The second-order valence-corrected chi connectivity index (χ2v) is 5.21. The van der Waals surface area contributed by atoms with Gasteiger partial charge in [-0.15, -0.1) is 0 Å². The van der Waals surface area contributed by atoms with Crippen molar-refractivity contribution >= 4 is 27.5 Å². The molecular formula is C14H13BrClNO. The summed E-state index contributed by atoms with van der Waals surface area (Å²) in [4.78, 5) is 0. The highest BCUT2D eigenvalue weighted by molar-refractivity contribution is 9.10. The summed E-state index contributed by atoms with van der Waals surface area (Å²) in [6, 6.07) is 13.6. The van der Waals surface area contributed by atoms with Crippen LogP contribution in [0.1, 0.15) is 11.1 Å². The lowest BCUT2D eigenvalue weighted by molar-refractivity contribution is 0.306. The first-order chi connectivity index (χ1) is 8.69. The smallest absolute Gasteiger partial charge is 0.139 e. The molecule has 94 valence electrons. The van der Waals surface area contributed by atoms with Crippen LogP contribution in [0.3, 0.4) is 0 Å². The van der Waals surface area contributed by atoms with Crippen LogP contribution in [0.15, 0.2) is 46.9 Å². The van der Waals surface area contributed by atoms with Crippen molar-refractivity contribution in [1.82, 2.24) is 0 Å². The van der Waals surface area contributed by atoms with Crippen molar-refractivity contribution < 1.29 is 4.74 Å². The molecule has 0 saturated heterocycles. The third-order valence-electron chi connectivity index (χ3n) is 2.55. The largest absolute Gasteiger partial charge is 0.487 e. The average molecular weight is 327 g/mol. The van der Waals surface area contributed by atoms with E-state index in [-0.39, 0.29) is 0 Å². The molecule has 0 bridgehead atoms. The molecule has 2 N–H and O–H groups in total. The van der Waals surface area contributed by atoms with E-state index in [4.69, 9.17) is 22.1 Å². The zero-order valence-electron chi connectivity index (χ0n) is 9.70. The second kappa shape index (κ2) is 6.23. The van der Waals surface area contributed by atoms with E-state index in [0.717, 1.165) is 15.6 Å². The molecule has 0 atom stereocenters. The van der Waals surface area contributed by atoms with Gasteiger partial charge in [-0.2, -0.15) is 0 Å². The molecule has 4 heteroatoms. The molecule has 0 aromatic heterocycles. The first-order valence-electron chi connectivity index (χ1n) is 5.55. The van der Waals surface area contributed by atoms with E-state index in [9.17, 15) is 0 Å². The predicted octanol–water partition coefficient (Wildman–Crippen LogP) is 4.14. The maximum absolute atomic E-state index is 6.05. The number of nitrogens with two attached hydrogens (primary N) is 1. The maximum Gasteiger partial charge on any atom is 0.139 e. The van der Waals surface area contributed by atoms with E-state index >= 15 is 0 Å². The van der Waals surface area contributed by atoms with Gasteiger partial charge in [-0.25, -0.2) is 0 Å². The molecule has 0 aliphatic carbocycles. The van der Waals surface area contributed by atoms with E-state index in [0.29, 0.717) is 23.9 Å². The van der Waals surface area contributed by atoms with E-state index in [2.05, 4.69) is 15.9 Å². The molecule has 2 aromatic rings. The van der Waals surface area contributed by atoms with Crippen LogP contribution in [0.2, 0.25) is 5.02 Å². The van der Waals surface area contributed by atoms with E-state index in [1.165, 1.54) is 0 Å². The van der Waals surface area contributed by atoms with Crippen molar-refractivity contribution in [1.29, 1.82) is 0 Å². The van der Waals surface area contributed by atoms with Crippen LogP contribution >= 0.6 is 27.5 Å². The topological polar surface area (TPSA) is 35.2 Å². The molecule has 2 rings (SSSR count). The lowest BCUT2D eigenvalue weighted by atomic mass is 10.1. The van der Waals surface area contributed by atoms with Crippen molar-refractivity contribution in [2.45, 2.75) is 13.2 Å². The Bertz CT molecular complexity index is 528. The fourth-order valence-electron chi connectivity index (χ4n) is 1.52. The van der Waals surface area contributed by atoms with Crippen molar-refractivity contribution in [3.8, 4) is 5.75 Å². The minimum Gasteiger partial charge on any atom is -0.487 e. The molecule has 0 amide bonds. The highest BCUT2D eigenvalue weighted by Crippen LogP contribution is 2.28. The average Bonchev–Trinajstić information content (AvgIpc) is 2.40. The van der Waals surface area contributed by atoms with Gasteiger partial charge in [-0.05, 0) is 29.3 Å². The zero-order chi connectivity index (χ0) is 13.0. The van der Waals surface area contributed by atoms with Crippen LogP contribution in [0.5, 0.6) is 5.75 Å². The Morgan fingerprint density at radius 2 is 1.72 bits per heavy atom. The van der Waals surface area contributed by atoms with Gasteiger partial charge in [0.1, 0.15) is 12.4 Å². The maximum atomic E-state index is 6.05. The van der Waals surface area contributed by atoms with Gasteiger partial charge in [0.25, 0.3) is 0 Å². The highest BCUT2D eigenvalue weighted by Gasteiger charge is 2.03. The third-order valence-corrected chi connectivity index (χ3v) is 3.35. The number of hydrogen-bond donors (Lipinski definition) is 1. The Hall–Kier alpha value is -1.03. The van der Waals surface area contributed by atoms with Crippen molar-refractivity contribution in [2.75, 3.05) is 0 Å². The molecule has 0 saturated carbocycles. The van der Waals surface area contributed by atoms with E-state index in [1.807, 2.05) is 36.4 Å². The van der Waals surface area contributed by atoms with Gasteiger partial charge in [-0.3, -0.25) is 0 Å². The van der Waals surface area contributed by atoms with Gasteiger partial charge in [0, 0.05) is 11.0 Å². The molecular weight excluding hydrogens is 314 g/mol. The first-order valence-corrected chi connectivity index (χ1v) is 6.72. The van der Waals surface area contributed by atoms with Gasteiger partial charge in [0.05, 0.1) is 5.02 Å². The number of rotatable bonds is 4. The van der Waals surface area contributed by atoms with Crippen LogP contribution in [0, 0.1) is 0 Å². The Balaban J connectivity index is 2.04. The molecule has 0 unspecified atom stereocenters. The quantitative estimate of drug-likeness (QED) is 0.916. The Kier molecular flexibility index (Phi) is 4.64. The summed E-state index contributed by atoms with van der Waals surface area (Å²) in [6.45, 7) is 1.04. The number of benzene rings is 2. The molecule has 2 aromatic carbocycles. The monoisotopic (exact) mass is 325 g/mol. The normalized spacial score (nSPS) is 10.4. The van der Waals surface area contributed by atoms with Crippen LogP contribution < -0.4 is 10.5 Å². The second-order valence-electron chi connectivity index (χ2n) is 3.88. The van der Waals surface area contributed by atoms with Gasteiger partial charge in [-0.1, -0.05) is 51.8 Å². The summed E-state index contributed by atoms with van der Waals surface area (Å²) in [5, 5.41) is 0.608. The molecule has 18 heavy (non-hydrogen) atoms. The van der Waals surface area contributed by atoms with E-state index < -0.39 is 0 Å². The van der Waals surface area contributed by atoms with Gasteiger partial charge < -0.3 is 10.5 Å². The SMILES string of the molecule is NCc1ccc(COc2cc(Br)ccc2Cl)cc1. The van der Waals surface area contributed by atoms with Crippen LogP contribution in [-0.2, 0) is 13.2 Å². The molecule has 0 fully saturated rings. The third kappa shape index (κ3) is 3.48. The Morgan fingerprint density at radius 3 is 2.39 bits per heavy atom. The fourth-order valence-corrected chi connectivity index (χ4v) is 2.03. The van der Waals surface area contributed by atoms with Gasteiger partial charge in [0.2, 0.25) is 0 Å². The zero-order valence-corrected chi connectivity index (χ0v) is 12.0. The summed E-state index contributed by atoms with van der Waals surface area (Å²) in [5.41, 5.74) is 7.74. The minimum atomic E-state index is 0.487. The first kappa shape index (κ1) is 13.4. The number of hydrogen-bond acceptors (Lipinski definition) is 2. The van der Waals surface area contributed by atoms with Crippen LogP contribution in [-0.4, -0.2) is 0 Å². The standard InChI is InChI=1S/C14H13BrClNO/c15-12-5-6-13(16)14(7-12)18-9-11-3-1-10(8-17)2-4-11/h1-7H,8-9,17H2. The fraction of sp³-hybridized carbons (Fsp3) is 0.143. The molecule has 0 aliphatic rings. The summed E-state index contributed by atoms with van der Waals surface area (Å²) < 4.78 is 6.63. The molecule has 0 spiro atoms. The van der Waals surface area contributed by atoms with Crippen molar-refractivity contribution in [3.63, 3.8) is 0 Å². The van der Waals surface area contributed by atoms with Crippen LogP contribution in [0.25, 0.3) is 0 Å². The summed E-state index contributed by atoms with van der Waals surface area (Å²) in [5.74, 6) is 0.675. The van der Waals surface area contributed by atoms with E-state index in [1.54, 1.807) is 6.07 Å². The molecule has 0 radical (unpaired) electrons.